The Bertz CT molecular complexity index is 415. The lowest BCUT2D eigenvalue weighted by molar-refractivity contribution is 0.0905. The quantitative estimate of drug-likeness (QED) is 0.783. The minimum Gasteiger partial charge on any atom is -0.486 e. The molecule has 1 heterocycles. The second kappa shape index (κ2) is 6.95. The zero-order valence-electron chi connectivity index (χ0n) is 12.7. The summed E-state index contributed by atoms with van der Waals surface area (Å²) in [5.74, 6) is 1.69. The van der Waals surface area contributed by atoms with E-state index in [9.17, 15) is 0 Å². The molecule has 1 unspecified atom stereocenters. The molecule has 0 saturated heterocycles. The Balaban J connectivity index is 1.60. The number of ether oxygens (including phenoxy) is 2. The normalized spacial score (nSPS) is 18.1. The topological polar surface area (TPSA) is 42.5 Å². The molecule has 0 aromatic heterocycles. The van der Waals surface area contributed by atoms with Gasteiger partial charge in [-0.1, -0.05) is 12.1 Å². The highest BCUT2D eigenvalue weighted by atomic mass is 16.6. The maximum atomic E-state index is 5.89. The summed E-state index contributed by atoms with van der Waals surface area (Å²) in [6.07, 6.45) is 1.21. The van der Waals surface area contributed by atoms with Crippen molar-refractivity contribution in [2.75, 3.05) is 26.2 Å². The van der Waals surface area contributed by atoms with Crippen molar-refractivity contribution in [2.24, 2.45) is 0 Å². The first-order valence-corrected chi connectivity index (χ1v) is 7.39. The van der Waals surface area contributed by atoms with Crippen molar-refractivity contribution in [2.45, 2.75) is 38.8 Å². The fraction of sp³-hybridized carbons (Fsp3) is 0.625. The molecule has 1 aliphatic rings. The molecule has 112 valence electrons. The minimum atomic E-state index is 0.0977. The molecule has 0 amide bonds. The maximum Gasteiger partial charge on any atom is 0.161 e. The van der Waals surface area contributed by atoms with Crippen LogP contribution < -0.4 is 20.1 Å². The van der Waals surface area contributed by atoms with Crippen molar-refractivity contribution in [3.8, 4) is 11.5 Å². The fourth-order valence-corrected chi connectivity index (χ4v) is 2.10. The van der Waals surface area contributed by atoms with E-state index in [1.165, 1.54) is 0 Å². The molecule has 0 fully saturated rings. The predicted molar refractivity (Wildman–Crippen MR) is 81.6 cm³/mol. The van der Waals surface area contributed by atoms with Gasteiger partial charge in [0.05, 0.1) is 0 Å². The van der Waals surface area contributed by atoms with Crippen LogP contribution in [0, 0.1) is 0 Å². The number of rotatable bonds is 6. The summed E-state index contributed by atoms with van der Waals surface area (Å²) < 4.78 is 11.6. The zero-order chi connectivity index (χ0) is 14.4. The van der Waals surface area contributed by atoms with Crippen molar-refractivity contribution in [1.82, 2.24) is 10.6 Å². The molecule has 1 aromatic carbocycles. The Hall–Kier alpha value is -1.26. The highest BCUT2D eigenvalue weighted by molar-refractivity contribution is 5.40. The Morgan fingerprint density at radius 2 is 1.90 bits per heavy atom. The number of hydrogen-bond acceptors (Lipinski definition) is 4. The molecular weight excluding hydrogens is 252 g/mol. The van der Waals surface area contributed by atoms with Crippen molar-refractivity contribution < 1.29 is 9.47 Å². The molecule has 2 N–H and O–H groups in total. The molecule has 0 aliphatic carbocycles. The predicted octanol–water partition coefficient (Wildman–Crippen LogP) is 2.19. The van der Waals surface area contributed by atoms with E-state index < -0.39 is 0 Å². The summed E-state index contributed by atoms with van der Waals surface area (Å²) in [4.78, 5) is 0. The second-order valence-corrected chi connectivity index (χ2v) is 6.23. The van der Waals surface area contributed by atoms with E-state index in [4.69, 9.17) is 9.47 Å². The zero-order valence-corrected chi connectivity index (χ0v) is 12.7. The van der Waals surface area contributed by atoms with Gasteiger partial charge in [0.25, 0.3) is 0 Å². The monoisotopic (exact) mass is 278 g/mol. The smallest absolute Gasteiger partial charge is 0.161 e. The van der Waals surface area contributed by atoms with E-state index in [0.717, 1.165) is 37.6 Å². The molecule has 2 rings (SSSR count). The first-order valence-electron chi connectivity index (χ1n) is 7.39. The van der Waals surface area contributed by atoms with Gasteiger partial charge in [0, 0.05) is 12.1 Å². The third kappa shape index (κ3) is 5.02. The highest BCUT2D eigenvalue weighted by Gasteiger charge is 2.19. The molecule has 4 heteroatoms. The minimum absolute atomic E-state index is 0.0977. The van der Waals surface area contributed by atoms with E-state index in [0.29, 0.717) is 6.61 Å². The number of benzene rings is 1. The summed E-state index contributed by atoms with van der Waals surface area (Å²) in [5, 5.41) is 6.90. The standard InChI is InChI=1S/C16H26N2O2/c1-16(2,3)18-10-6-9-17-11-13-12-19-14-7-4-5-8-15(14)20-13/h4-5,7-8,13,17-18H,6,9-12H2,1-3H3. The molecular formula is C16H26N2O2. The van der Waals surface area contributed by atoms with Crippen molar-refractivity contribution in [1.29, 1.82) is 0 Å². The fourth-order valence-electron chi connectivity index (χ4n) is 2.10. The SMILES string of the molecule is CC(C)(C)NCCCNCC1COc2ccccc2O1. The van der Waals surface area contributed by atoms with Gasteiger partial charge in [-0.3, -0.25) is 0 Å². The van der Waals surface area contributed by atoms with Crippen LogP contribution in [0.5, 0.6) is 11.5 Å². The van der Waals surface area contributed by atoms with Crippen LogP contribution in [0.3, 0.4) is 0 Å². The van der Waals surface area contributed by atoms with Gasteiger partial charge in [0.2, 0.25) is 0 Å². The van der Waals surface area contributed by atoms with Crippen LogP contribution in [0.4, 0.5) is 0 Å². The van der Waals surface area contributed by atoms with Crippen LogP contribution in [-0.4, -0.2) is 37.9 Å². The van der Waals surface area contributed by atoms with E-state index in [1.54, 1.807) is 0 Å². The van der Waals surface area contributed by atoms with Crippen LogP contribution >= 0.6 is 0 Å². The first kappa shape index (κ1) is 15.1. The van der Waals surface area contributed by atoms with E-state index in [1.807, 2.05) is 24.3 Å². The van der Waals surface area contributed by atoms with Crippen LogP contribution in [0.25, 0.3) is 0 Å². The van der Waals surface area contributed by atoms with Crippen molar-refractivity contribution in [3.63, 3.8) is 0 Å². The lowest BCUT2D eigenvalue weighted by Crippen LogP contribution is -2.40. The molecule has 0 radical (unpaired) electrons. The summed E-state index contributed by atoms with van der Waals surface area (Å²) in [7, 11) is 0. The number of fused-ring (bicyclic) bond motifs is 1. The third-order valence-corrected chi connectivity index (χ3v) is 3.13. The van der Waals surface area contributed by atoms with Gasteiger partial charge in [0.1, 0.15) is 12.7 Å². The molecule has 20 heavy (non-hydrogen) atoms. The Morgan fingerprint density at radius 1 is 1.15 bits per heavy atom. The average molecular weight is 278 g/mol. The summed E-state index contributed by atoms with van der Waals surface area (Å²) in [5.41, 5.74) is 0.198. The summed E-state index contributed by atoms with van der Waals surface area (Å²) in [6, 6.07) is 7.82. The Labute approximate surface area is 121 Å². The Morgan fingerprint density at radius 3 is 2.65 bits per heavy atom. The molecule has 1 aromatic rings. The highest BCUT2D eigenvalue weighted by Crippen LogP contribution is 2.30. The summed E-state index contributed by atoms with van der Waals surface area (Å²) in [6.45, 7) is 10.0. The van der Waals surface area contributed by atoms with Gasteiger partial charge >= 0.3 is 0 Å². The number of hydrogen-bond donors (Lipinski definition) is 2. The van der Waals surface area contributed by atoms with Crippen LogP contribution in [-0.2, 0) is 0 Å². The second-order valence-electron chi connectivity index (χ2n) is 6.23. The number of para-hydroxylation sites is 2. The molecule has 0 saturated carbocycles. The van der Waals surface area contributed by atoms with Gasteiger partial charge in [0.15, 0.2) is 11.5 Å². The van der Waals surface area contributed by atoms with E-state index in [-0.39, 0.29) is 11.6 Å². The molecule has 4 nitrogen and oxygen atoms in total. The molecule has 1 atom stereocenters. The van der Waals surface area contributed by atoms with Crippen molar-refractivity contribution in [3.05, 3.63) is 24.3 Å². The Kier molecular flexibility index (Phi) is 5.26. The number of nitrogens with one attached hydrogen (secondary N) is 2. The lowest BCUT2D eigenvalue weighted by atomic mass is 10.1. The molecule has 0 spiro atoms. The lowest BCUT2D eigenvalue weighted by Gasteiger charge is -2.26. The van der Waals surface area contributed by atoms with Crippen molar-refractivity contribution >= 4 is 0 Å². The maximum absolute atomic E-state index is 5.89. The molecule has 1 aliphatic heterocycles. The van der Waals surface area contributed by atoms with Gasteiger partial charge in [-0.2, -0.15) is 0 Å². The van der Waals surface area contributed by atoms with Crippen LogP contribution in [0.1, 0.15) is 27.2 Å². The van der Waals surface area contributed by atoms with Crippen LogP contribution in [0.15, 0.2) is 24.3 Å². The largest absolute Gasteiger partial charge is 0.486 e. The van der Waals surface area contributed by atoms with Gasteiger partial charge < -0.3 is 20.1 Å². The summed E-state index contributed by atoms with van der Waals surface area (Å²) >= 11 is 0. The van der Waals surface area contributed by atoms with E-state index in [2.05, 4.69) is 31.4 Å². The third-order valence-electron chi connectivity index (χ3n) is 3.13. The van der Waals surface area contributed by atoms with E-state index >= 15 is 0 Å². The van der Waals surface area contributed by atoms with Crippen LogP contribution in [0.2, 0.25) is 0 Å². The average Bonchev–Trinajstić information content (AvgIpc) is 2.41. The van der Waals surface area contributed by atoms with Gasteiger partial charge in [-0.05, 0) is 52.4 Å². The van der Waals surface area contributed by atoms with Gasteiger partial charge in [-0.15, -0.1) is 0 Å². The van der Waals surface area contributed by atoms with Gasteiger partial charge in [-0.25, -0.2) is 0 Å². The molecule has 0 bridgehead atoms. The first-order chi connectivity index (χ1) is 9.54.